The van der Waals surface area contributed by atoms with Crippen molar-refractivity contribution in [1.29, 1.82) is 0 Å². The molecule has 2 heterocycles. The minimum absolute atomic E-state index is 0.00928. The normalized spacial score (nSPS) is 13.0. The molecule has 0 bridgehead atoms. The SMILES string of the molecule is O=C(Cc1scc(-c2ccc3c(c2)CCC3)c1C(=O)O)c1nc2ccccc2o1. The van der Waals surface area contributed by atoms with Crippen molar-refractivity contribution >= 4 is 34.2 Å². The van der Waals surface area contributed by atoms with Crippen molar-refractivity contribution in [2.75, 3.05) is 0 Å². The number of thiophene rings is 1. The lowest BCUT2D eigenvalue weighted by molar-refractivity contribution is 0.0697. The second-order valence-electron chi connectivity index (χ2n) is 7.18. The van der Waals surface area contributed by atoms with Crippen LogP contribution in [0.4, 0.5) is 0 Å². The minimum atomic E-state index is -1.03. The van der Waals surface area contributed by atoms with Crippen LogP contribution >= 0.6 is 11.3 Å². The van der Waals surface area contributed by atoms with Crippen LogP contribution in [0.25, 0.3) is 22.2 Å². The van der Waals surface area contributed by atoms with Gasteiger partial charge in [-0.1, -0.05) is 30.3 Å². The second-order valence-corrected chi connectivity index (χ2v) is 8.14. The number of aromatic nitrogens is 1. The Kier molecular flexibility index (Phi) is 4.28. The molecule has 0 aliphatic heterocycles. The molecule has 0 saturated carbocycles. The van der Waals surface area contributed by atoms with E-state index in [0.717, 1.165) is 24.8 Å². The van der Waals surface area contributed by atoms with E-state index in [0.29, 0.717) is 21.5 Å². The number of carboxylic acid groups (broad SMARTS) is 1. The van der Waals surface area contributed by atoms with Gasteiger partial charge < -0.3 is 9.52 Å². The molecule has 0 unspecified atom stereocenters. The van der Waals surface area contributed by atoms with Gasteiger partial charge in [0.05, 0.1) is 12.0 Å². The zero-order chi connectivity index (χ0) is 20.0. The topological polar surface area (TPSA) is 80.4 Å². The van der Waals surface area contributed by atoms with E-state index in [2.05, 4.69) is 17.1 Å². The van der Waals surface area contributed by atoms with Gasteiger partial charge in [0, 0.05) is 10.4 Å². The van der Waals surface area contributed by atoms with Gasteiger partial charge in [-0.25, -0.2) is 9.78 Å². The van der Waals surface area contributed by atoms with Crippen LogP contribution in [0.15, 0.2) is 52.3 Å². The number of hydrogen-bond acceptors (Lipinski definition) is 5. The molecule has 2 aromatic heterocycles. The number of carboxylic acids is 1. The maximum absolute atomic E-state index is 12.7. The summed E-state index contributed by atoms with van der Waals surface area (Å²) in [5, 5.41) is 11.7. The van der Waals surface area contributed by atoms with Gasteiger partial charge in [0.25, 0.3) is 5.89 Å². The number of aryl methyl sites for hydroxylation is 2. The van der Waals surface area contributed by atoms with Crippen LogP contribution in [0.1, 0.15) is 43.5 Å². The van der Waals surface area contributed by atoms with Gasteiger partial charge in [0.15, 0.2) is 5.58 Å². The van der Waals surface area contributed by atoms with Gasteiger partial charge in [-0.15, -0.1) is 11.3 Å². The van der Waals surface area contributed by atoms with Crippen molar-refractivity contribution in [1.82, 2.24) is 4.98 Å². The molecule has 144 valence electrons. The van der Waals surface area contributed by atoms with Crippen LogP contribution in [0.5, 0.6) is 0 Å². The lowest BCUT2D eigenvalue weighted by Crippen LogP contribution is -2.07. The molecule has 2 aromatic carbocycles. The number of carbonyl (C=O) groups excluding carboxylic acids is 1. The number of carbonyl (C=O) groups is 2. The van der Waals surface area contributed by atoms with Crippen LogP contribution in [-0.2, 0) is 19.3 Å². The third-order valence-electron chi connectivity index (χ3n) is 5.34. The first-order valence-electron chi connectivity index (χ1n) is 9.45. The number of oxazole rings is 1. The highest BCUT2D eigenvalue weighted by molar-refractivity contribution is 7.11. The Labute approximate surface area is 170 Å². The molecule has 0 amide bonds. The zero-order valence-corrected chi connectivity index (χ0v) is 16.3. The average Bonchev–Trinajstić information content (AvgIpc) is 3.44. The van der Waals surface area contributed by atoms with Gasteiger partial charge in [-0.3, -0.25) is 4.79 Å². The molecule has 0 radical (unpaired) electrons. The number of fused-ring (bicyclic) bond motifs is 2. The summed E-state index contributed by atoms with van der Waals surface area (Å²) in [5.74, 6) is -1.34. The zero-order valence-electron chi connectivity index (χ0n) is 15.5. The Morgan fingerprint density at radius 1 is 1.10 bits per heavy atom. The van der Waals surface area contributed by atoms with E-state index in [4.69, 9.17) is 4.42 Å². The van der Waals surface area contributed by atoms with Crippen LogP contribution < -0.4 is 0 Å². The molecule has 1 aliphatic rings. The Hall–Kier alpha value is -3.25. The number of hydrogen-bond donors (Lipinski definition) is 1. The van der Waals surface area contributed by atoms with E-state index < -0.39 is 5.97 Å². The fourth-order valence-electron chi connectivity index (χ4n) is 3.93. The van der Waals surface area contributed by atoms with E-state index in [-0.39, 0.29) is 23.7 Å². The fraction of sp³-hybridized carbons (Fsp3) is 0.174. The van der Waals surface area contributed by atoms with Crippen LogP contribution in [-0.4, -0.2) is 21.8 Å². The summed E-state index contributed by atoms with van der Waals surface area (Å²) in [5.41, 5.74) is 5.52. The summed E-state index contributed by atoms with van der Waals surface area (Å²) in [7, 11) is 0. The summed E-state index contributed by atoms with van der Waals surface area (Å²) in [6.07, 6.45) is 3.19. The molecule has 6 heteroatoms. The molecule has 5 nitrogen and oxygen atoms in total. The molecule has 0 fully saturated rings. The minimum Gasteiger partial charge on any atom is -0.478 e. The third-order valence-corrected chi connectivity index (χ3v) is 6.33. The van der Waals surface area contributed by atoms with Gasteiger partial charge in [0.1, 0.15) is 5.52 Å². The number of Topliss-reactive ketones (excluding diaryl/α,β-unsaturated/α-hetero) is 1. The molecular formula is C23H17NO4S. The van der Waals surface area contributed by atoms with Crippen molar-refractivity contribution in [3.05, 3.63) is 75.3 Å². The summed E-state index contributed by atoms with van der Waals surface area (Å²) in [6.45, 7) is 0. The molecule has 5 rings (SSSR count). The number of para-hydroxylation sites is 2. The van der Waals surface area contributed by atoms with Gasteiger partial charge >= 0.3 is 5.97 Å². The smallest absolute Gasteiger partial charge is 0.337 e. The average molecular weight is 403 g/mol. The number of ketones is 1. The first-order valence-corrected chi connectivity index (χ1v) is 10.3. The highest BCUT2D eigenvalue weighted by atomic mass is 32.1. The quantitative estimate of drug-likeness (QED) is 0.465. The number of benzene rings is 2. The monoisotopic (exact) mass is 403 g/mol. The molecule has 29 heavy (non-hydrogen) atoms. The second kappa shape index (κ2) is 6.97. The standard InChI is InChI=1S/C23H17NO4S/c25-18(22-24-17-6-1-2-7-19(17)28-22)11-20-21(23(26)27)16(12-29-20)15-9-8-13-4-3-5-14(13)10-15/h1-2,6-10,12H,3-5,11H2,(H,26,27). The van der Waals surface area contributed by atoms with Crippen molar-refractivity contribution in [2.45, 2.75) is 25.7 Å². The van der Waals surface area contributed by atoms with Crippen molar-refractivity contribution in [3.8, 4) is 11.1 Å². The molecular weight excluding hydrogens is 386 g/mol. The van der Waals surface area contributed by atoms with Crippen LogP contribution in [0.2, 0.25) is 0 Å². The Bertz CT molecular complexity index is 1230. The van der Waals surface area contributed by atoms with Crippen molar-refractivity contribution < 1.29 is 19.1 Å². The summed E-state index contributed by atoms with van der Waals surface area (Å²) in [6, 6.07) is 13.3. The largest absolute Gasteiger partial charge is 0.478 e. The highest BCUT2D eigenvalue weighted by Crippen LogP contribution is 2.35. The molecule has 0 atom stereocenters. The molecule has 1 N–H and O–H groups in total. The first-order chi connectivity index (χ1) is 14.1. The van der Waals surface area contributed by atoms with Gasteiger partial charge in [-0.05, 0) is 53.5 Å². The maximum Gasteiger partial charge on any atom is 0.337 e. The van der Waals surface area contributed by atoms with E-state index >= 15 is 0 Å². The van der Waals surface area contributed by atoms with E-state index in [1.165, 1.54) is 22.5 Å². The summed E-state index contributed by atoms with van der Waals surface area (Å²) in [4.78, 5) is 29.5. The predicted octanol–water partition coefficient (Wildman–Crippen LogP) is 5.17. The fourth-order valence-corrected chi connectivity index (χ4v) is 4.97. The molecule has 4 aromatic rings. The van der Waals surface area contributed by atoms with E-state index in [1.807, 2.05) is 23.6 Å². The van der Waals surface area contributed by atoms with Gasteiger partial charge in [-0.2, -0.15) is 0 Å². The van der Waals surface area contributed by atoms with E-state index in [9.17, 15) is 14.7 Å². The summed E-state index contributed by atoms with van der Waals surface area (Å²) < 4.78 is 5.54. The predicted molar refractivity (Wildman–Crippen MR) is 111 cm³/mol. The number of nitrogens with zero attached hydrogens (tertiary/aromatic N) is 1. The van der Waals surface area contributed by atoms with Gasteiger partial charge in [0.2, 0.25) is 5.78 Å². The maximum atomic E-state index is 12.7. The summed E-state index contributed by atoms with van der Waals surface area (Å²) >= 11 is 1.29. The first kappa shape index (κ1) is 17.8. The lowest BCUT2D eigenvalue weighted by Gasteiger charge is -2.06. The Morgan fingerprint density at radius 3 is 2.76 bits per heavy atom. The highest BCUT2D eigenvalue weighted by Gasteiger charge is 2.24. The van der Waals surface area contributed by atoms with Crippen molar-refractivity contribution in [3.63, 3.8) is 0 Å². The Balaban J connectivity index is 1.49. The molecule has 1 aliphatic carbocycles. The van der Waals surface area contributed by atoms with Crippen LogP contribution in [0, 0.1) is 0 Å². The Morgan fingerprint density at radius 2 is 1.93 bits per heavy atom. The van der Waals surface area contributed by atoms with Crippen LogP contribution in [0.3, 0.4) is 0 Å². The van der Waals surface area contributed by atoms with Crippen molar-refractivity contribution in [2.24, 2.45) is 0 Å². The molecule has 0 spiro atoms. The number of aromatic carboxylic acids is 1. The number of rotatable bonds is 5. The third kappa shape index (κ3) is 3.15. The lowest BCUT2D eigenvalue weighted by atomic mass is 9.98. The molecule has 0 saturated heterocycles. The van der Waals surface area contributed by atoms with E-state index in [1.54, 1.807) is 12.1 Å².